The van der Waals surface area contributed by atoms with Crippen molar-refractivity contribution < 1.29 is 23.0 Å². The van der Waals surface area contributed by atoms with Gasteiger partial charge in [0.05, 0.1) is 24.6 Å². The minimum atomic E-state index is -4.50. The molecule has 0 saturated carbocycles. The maximum atomic E-state index is 12.9. The molecule has 6 heteroatoms. The molecule has 0 atom stereocenters. The average Bonchev–Trinajstić information content (AvgIpc) is 2.38. The van der Waals surface area contributed by atoms with Gasteiger partial charge in [-0.05, 0) is 30.3 Å². The highest BCUT2D eigenvalue weighted by atomic mass is 19.4. The van der Waals surface area contributed by atoms with Crippen molar-refractivity contribution in [3.8, 4) is 22.8 Å². The SMILES string of the molecule is COc1ccc(-c2ccc(O)cn2)cc1C(F)(F)F. The summed E-state index contributed by atoms with van der Waals surface area (Å²) in [5.74, 6) is -0.289. The van der Waals surface area contributed by atoms with E-state index >= 15 is 0 Å². The molecular weight excluding hydrogens is 259 g/mol. The topological polar surface area (TPSA) is 42.4 Å². The van der Waals surface area contributed by atoms with Crippen LogP contribution in [0.4, 0.5) is 13.2 Å². The number of rotatable bonds is 2. The third kappa shape index (κ3) is 2.78. The summed E-state index contributed by atoms with van der Waals surface area (Å²) >= 11 is 0. The first kappa shape index (κ1) is 13.2. The van der Waals surface area contributed by atoms with Gasteiger partial charge < -0.3 is 9.84 Å². The summed E-state index contributed by atoms with van der Waals surface area (Å²) in [4.78, 5) is 3.87. The monoisotopic (exact) mass is 269 g/mol. The summed E-state index contributed by atoms with van der Waals surface area (Å²) in [7, 11) is 1.18. The average molecular weight is 269 g/mol. The van der Waals surface area contributed by atoms with Crippen molar-refractivity contribution in [1.82, 2.24) is 4.98 Å². The molecule has 1 heterocycles. The number of hydrogen-bond acceptors (Lipinski definition) is 3. The first-order valence-corrected chi connectivity index (χ1v) is 5.32. The quantitative estimate of drug-likeness (QED) is 0.907. The van der Waals surface area contributed by atoms with Gasteiger partial charge in [0, 0.05) is 5.56 Å². The molecule has 0 aliphatic rings. The molecule has 0 aliphatic heterocycles. The minimum absolute atomic E-state index is 0.0479. The van der Waals surface area contributed by atoms with Crippen LogP contribution in [0.5, 0.6) is 11.5 Å². The van der Waals surface area contributed by atoms with E-state index in [4.69, 9.17) is 9.84 Å². The number of benzene rings is 1. The van der Waals surface area contributed by atoms with Crippen LogP contribution in [0.15, 0.2) is 36.5 Å². The molecule has 100 valence electrons. The lowest BCUT2D eigenvalue weighted by molar-refractivity contribution is -0.138. The van der Waals surface area contributed by atoms with Gasteiger partial charge in [-0.1, -0.05) is 0 Å². The molecule has 0 saturated heterocycles. The molecule has 3 nitrogen and oxygen atoms in total. The highest BCUT2D eigenvalue weighted by molar-refractivity contribution is 5.62. The van der Waals surface area contributed by atoms with Crippen molar-refractivity contribution in [2.75, 3.05) is 7.11 Å². The maximum Gasteiger partial charge on any atom is 0.419 e. The molecule has 1 aromatic carbocycles. The minimum Gasteiger partial charge on any atom is -0.506 e. The number of halogens is 3. The molecule has 0 fully saturated rings. The zero-order valence-electron chi connectivity index (χ0n) is 9.90. The number of aromatic nitrogens is 1. The van der Waals surface area contributed by atoms with E-state index in [1.54, 1.807) is 0 Å². The zero-order valence-corrected chi connectivity index (χ0v) is 9.90. The maximum absolute atomic E-state index is 12.9. The molecule has 0 spiro atoms. The Morgan fingerprint density at radius 2 is 1.89 bits per heavy atom. The number of alkyl halides is 3. The predicted molar refractivity (Wildman–Crippen MR) is 62.9 cm³/mol. The van der Waals surface area contributed by atoms with E-state index in [-0.39, 0.29) is 11.5 Å². The first-order valence-electron chi connectivity index (χ1n) is 5.32. The Morgan fingerprint density at radius 1 is 1.16 bits per heavy atom. The van der Waals surface area contributed by atoms with Crippen molar-refractivity contribution in [3.63, 3.8) is 0 Å². The number of ether oxygens (including phenoxy) is 1. The van der Waals surface area contributed by atoms with Gasteiger partial charge in [-0.25, -0.2) is 0 Å². The highest BCUT2D eigenvalue weighted by Gasteiger charge is 2.34. The summed E-state index contributed by atoms with van der Waals surface area (Å²) in [6.07, 6.45) is -3.33. The van der Waals surface area contributed by atoms with Crippen LogP contribution < -0.4 is 4.74 Å². The van der Waals surface area contributed by atoms with Gasteiger partial charge in [0.25, 0.3) is 0 Å². The fraction of sp³-hybridized carbons (Fsp3) is 0.154. The zero-order chi connectivity index (χ0) is 14.0. The normalized spacial score (nSPS) is 11.4. The molecule has 0 radical (unpaired) electrons. The fourth-order valence-electron chi connectivity index (χ4n) is 1.65. The summed E-state index contributed by atoms with van der Waals surface area (Å²) in [5.41, 5.74) is -0.221. The Hall–Kier alpha value is -2.24. The highest BCUT2D eigenvalue weighted by Crippen LogP contribution is 2.38. The van der Waals surface area contributed by atoms with E-state index in [9.17, 15) is 13.2 Å². The molecular formula is C13H10F3NO2. The van der Waals surface area contributed by atoms with Crippen molar-refractivity contribution in [2.24, 2.45) is 0 Å². The summed E-state index contributed by atoms with van der Waals surface area (Å²) < 4.78 is 43.3. The Labute approximate surface area is 107 Å². The molecule has 0 amide bonds. The Balaban J connectivity index is 2.52. The molecule has 1 N–H and O–H groups in total. The summed E-state index contributed by atoms with van der Waals surface area (Å²) in [6.45, 7) is 0. The van der Waals surface area contributed by atoms with Crippen LogP contribution in [0.2, 0.25) is 0 Å². The first-order chi connectivity index (χ1) is 8.91. The number of hydrogen-bond donors (Lipinski definition) is 1. The van der Waals surface area contributed by atoms with Crippen molar-refractivity contribution in [3.05, 3.63) is 42.1 Å². The van der Waals surface area contributed by atoms with Crippen LogP contribution in [0.1, 0.15) is 5.56 Å². The molecule has 2 rings (SSSR count). The Morgan fingerprint density at radius 3 is 2.42 bits per heavy atom. The number of methoxy groups -OCH3 is 1. The molecule has 0 aliphatic carbocycles. The molecule has 2 aromatic rings. The molecule has 1 aromatic heterocycles. The summed E-state index contributed by atoms with van der Waals surface area (Å²) in [6, 6.07) is 6.50. The predicted octanol–water partition coefficient (Wildman–Crippen LogP) is 3.48. The smallest absolute Gasteiger partial charge is 0.419 e. The van der Waals surface area contributed by atoms with E-state index in [1.165, 1.54) is 37.6 Å². The van der Waals surface area contributed by atoms with Crippen molar-refractivity contribution >= 4 is 0 Å². The van der Waals surface area contributed by atoms with Crippen LogP contribution in [0.3, 0.4) is 0 Å². The lowest BCUT2D eigenvalue weighted by Crippen LogP contribution is -2.07. The second-order valence-electron chi connectivity index (χ2n) is 3.81. The van der Waals surface area contributed by atoms with E-state index in [0.29, 0.717) is 11.3 Å². The van der Waals surface area contributed by atoms with Crippen LogP contribution in [-0.2, 0) is 6.18 Å². The Kier molecular flexibility index (Phi) is 3.33. The third-order valence-corrected chi connectivity index (χ3v) is 2.55. The second-order valence-corrected chi connectivity index (χ2v) is 3.81. The summed E-state index contributed by atoms with van der Waals surface area (Å²) in [5, 5.41) is 9.11. The van der Waals surface area contributed by atoms with Gasteiger partial charge in [-0.2, -0.15) is 13.2 Å². The van der Waals surface area contributed by atoms with Crippen LogP contribution >= 0.6 is 0 Å². The van der Waals surface area contributed by atoms with Gasteiger partial charge in [0.1, 0.15) is 11.5 Å². The second kappa shape index (κ2) is 4.79. The lowest BCUT2D eigenvalue weighted by Gasteiger charge is -2.13. The van der Waals surface area contributed by atoms with E-state index < -0.39 is 11.7 Å². The van der Waals surface area contributed by atoms with E-state index in [2.05, 4.69) is 4.98 Å². The van der Waals surface area contributed by atoms with Gasteiger partial charge in [0.2, 0.25) is 0 Å². The van der Waals surface area contributed by atoms with Gasteiger partial charge in [0.15, 0.2) is 0 Å². The van der Waals surface area contributed by atoms with Gasteiger partial charge in [-0.3, -0.25) is 4.98 Å². The molecule has 0 bridgehead atoms. The fourth-order valence-corrected chi connectivity index (χ4v) is 1.65. The standard InChI is InChI=1S/C13H10F3NO2/c1-19-12-5-2-8(6-10(12)13(14,15)16)11-4-3-9(18)7-17-11/h2-7,18H,1H3. The number of nitrogens with zero attached hydrogens (tertiary/aromatic N) is 1. The van der Waals surface area contributed by atoms with Crippen LogP contribution in [0, 0.1) is 0 Å². The van der Waals surface area contributed by atoms with Crippen LogP contribution in [0.25, 0.3) is 11.3 Å². The molecule has 19 heavy (non-hydrogen) atoms. The number of pyridine rings is 1. The van der Waals surface area contributed by atoms with Gasteiger partial charge in [-0.15, -0.1) is 0 Å². The van der Waals surface area contributed by atoms with E-state index in [0.717, 1.165) is 6.07 Å². The largest absolute Gasteiger partial charge is 0.506 e. The Bertz CT molecular complexity index is 579. The van der Waals surface area contributed by atoms with Crippen molar-refractivity contribution in [1.29, 1.82) is 0 Å². The third-order valence-electron chi connectivity index (χ3n) is 2.55. The van der Waals surface area contributed by atoms with Crippen molar-refractivity contribution in [2.45, 2.75) is 6.18 Å². The number of aromatic hydroxyl groups is 1. The lowest BCUT2D eigenvalue weighted by atomic mass is 10.1. The van der Waals surface area contributed by atoms with Gasteiger partial charge >= 0.3 is 6.18 Å². The molecule has 0 unspecified atom stereocenters. The van der Waals surface area contributed by atoms with Crippen LogP contribution in [-0.4, -0.2) is 17.2 Å². The van der Waals surface area contributed by atoms with E-state index in [1.807, 2.05) is 0 Å².